The lowest BCUT2D eigenvalue weighted by Gasteiger charge is -2.27. The fraction of sp³-hybridized carbons (Fsp3) is 0.579. The Morgan fingerprint density at radius 2 is 1.96 bits per heavy atom. The summed E-state index contributed by atoms with van der Waals surface area (Å²) >= 11 is 0. The summed E-state index contributed by atoms with van der Waals surface area (Å²) in [6.45, 7) is 5.50. The van der Waals surface area contributed by atoms with Crippen LogP contribution in [0.4, 0.5) is 4.79 Å². The molecular formula is C19H26N2O4. The minimum Gasteiger partial charge on any atom is -0.447 e. The van der Waals surface area contributed by atoms with Gasteiger partial charge in [0.25, 0.3) is 0 Å². The van der Waals surface area contributed by atoms with Crippen molar-refractivity contribution in [2.45, 2.75) is 45.3 Å². The molecule has 1 aromatic carbocycles. The van der Waals surface area contributed by atoms with E-state index in [-0.39, 0.29) is 24.7 Å². The molecule has 2 aliphatic heterocycles. The molecule has 2 fully saturated rings. The fourth-order valence-electron chi connectivity index (χ4n) is 3.71. The number of ether oxygens (including phenoxy) is 1. The standard InChI is InChI=1S/C19H26N2O4/c1-3-8-15-16(18(22)20-12-13-24-19(20)23)17(21(25-15)11-4-2)14-9-6-5-7-10-14/h5-7,9-10,15-17H,3-4,8,11-13H2,1-2H3/t15-,16-,17+/m1/s1. The van der Waals surface area contributed by atoms with Crippen molar-refractivity contribution in [1.29, 1.82) is 0 Å². The van der Waals surface area contributed by atoms with Gasteiger partial charge in [-0.1, -0.05) is 50.6 Å². The number of amides is 2. The Labute approximate surface area is 148 Å². The molecule has 1 aromatic rings. The summed E-state index contributed by atoms with van der Waals surface area (Å²) < 4.78 is 4.97. The minimum absolute atomic E-state index is 0.182. The van der Waals surface area contributed by atoms with E-state index >= 15 is 0 Å². The van der Waals surface area contributed by atoms with Gasteiger partial charge in [0.2, 0.25) is 5.91 Å². The highest BCUT2D eigenvalue weighted by atomic mass is 16.7. The average molecular weight is 346 g/mol. The van der Waals surface area contributed by atoms with E-state index in [0.717, 1.165) is 31.4 Å². The first-order valence-electron chi connectivity index (χ1n) is 9.13. The first-order chi connectivity index (χ1) is 12.2. The topological polar surface area (TPSA) is 59.1 Å². The molecule has 0 saturated carbocycles. The van der Waals surface area contributed by atoms with E-state index in [1.54, 1.807) is 0 Å². The van der Waals surface area contributed by atoms with Crippen molar-refractivity contribution >= 4 is 12.0 Å². The third-order valence-corrected chi connectivity index (χ3v) is 4.79. The Hall–Kier alpha value is -1.92. The normalized spacial score (nSPS) is 26.9. The molecule has 0 aliphatic carbocycles. The number of hydrogen-bond acceptors (Lipinski definition) is 5. The monoisotopic (exact) mass is 346 g/mol. The second kappa shape index (κ2) is 7.97. The molecule has 0 unspecified atom stereocenters. The molecule has 2 heterocycles. The third-order valence-electron chi connectivity index (χ3n) is 4.79. The molecule has 0 radical (unpaired) electrons. The van der Waals surface area contributed by atoms with E-state index in [9.17, 15) is 9.59 Å². The molecule has 2 aliphatic rings. The molecule has 0 spiro atoms. The van der Waals surface area contributed by atoms with Crippen LogP contribution < -0.4 is 0 Å². The second-order valence-corrected chi connectivity index (χ2v) is 6.56. The molecule has 6 nitrogen and oxygen atoms in total. The second-order valence-electron chi connectivity index (χ2n) is 6.56. The molecule has 6 heteroatoms. The van der Waals surface area contributed by atoms with E-state index in [4.69, 9.17) is 9.57 Å². The lowest BCUT2D eigenvalue weighted by atomic mass is 9.86. The number of carbonyl (C=O) groups excluding carboxylic acids is 2. The molecular weight excluding hydrogens is 320 g/mol. The van der Waals surface area contributed by atoms with Crippen LogP contribution in [0.3, 0.4) is 0 Å². The number of benzene rings is 1. The molecule has 2 amide bonds. The number of imide groups is 1. The Kier molecular flexibility index (Phi) is 5.71. The van der Waals surface area contributed by atoms with Gasteiger partial charge in [0.15, 0.2) is 0 Å². The first-order valence-corrected chi connectivity index (χ1v) is 9.13. The van der Waals surface area contributed by atoms with Gasteiger partial charge < -0.3 is 4.74 Å². The van der Waals surface area contributed by atoms with Gasteiger partial charge in [0.1, 0.15) is 6.61 Å². The van der Waals surface area contributed by atoms with E-state index in [1.807, 2.05) is 35.4 Å². The number of rotatable bonds is 6. The van der Waals surface area contributed by atoms with E-state index in [0.29, 0.717) is 6.54 Å². The summed E-state index contributed by atoms with van der Waals surface area (Å²) in [4.78, 5) is 32.5. The maximum atomic E-state index is 13.2. The Morgan fingerprint density at radius 1 is 1.20 bits per heavy atom. The van der Waals surface area contributed by atoms with Gasteiger partial charge in [0, 0.05) is 6.54 Å². The molecule has 0 aromatic heterocycles. The van der Waals surface area contributed by atoms with Gasteiger partial charge in [-0.15, -0.1) is 0 Å². The SMILES string of the molecule is CCC[C@H]1ON(CCC)[C@@H](c2ccccc2)[C@@H]1C(=O)N1CCOC1=O. The van der Waals surface area contributed by atoms with Crippen molar-refractivity contribution in [3.63, 3.8) is 0 Å². The van der Waals surface area contributed by atoms with Gasteiger partial charge >= 0.3 is 6.09 Å². The lowest BCUT2D eigenvalue weighted by molar-refractivity contribution is -0.165. The van der Waals surface area contributed by atoms with Gasteiger partial charge in [-0.05, 0) is 18.4 Å². The summed E-state index contributed by atoms with van der Waals surface area (Å²) in [6, 6.07) is 9.76. The van der Waals surface area contributed by atoms with E-state index < -0.39 is 12.0 Å². The summed E-state index contributed by atoms with van der Waals surface area (Å²) in [5.41, 5.74) is 1.04. The van der Waals surface area contributed by atoms with Crippen molar-refractivity contribution in [3.8, 4) is 0 Å². The zero-order valence-corrected chi connectivity index (χ0v) is 14.9. The molecule has 3 rings (SSSR count). The van der Waals surface area contributed by atoms with Crippen LogP contribution in [-0.4, -0.2) is 47.8 Å². The van der Waals surface area contributed by atoms with Crippen molar-refractivity contribution in [1.82, 2.24) is 9.96 Å². The molecule has 136 valence electrons. The smallest absolute Gasteiger partial charge is 0.416 e. The molecule has 2 saturated heterocycles. The first kappa shape index (κ1) is 17.9. The highest BCUT2D eigenvalue weighted by molar-refractivity contribution is 5.95. The molecule has 25 heavy (non-hydrogen) atoms. The number of hydroxylamine groups is 2. The number of carbonyl (C=O) groups is 2. The number of cyclic esters (lactones) is 1. The van der Waals surface area contributed by atoms with Gasteiger partial charge in [0.05, 0.1) is 24.6 Å². The predicted octanol–water partition coefficient (Wildman–Crippen LogP) is 3.15. The summed E-state index contributed by atoms with van der Waals surface area (Å²) in [5.74, 6) is -0.590. The fourth-order valence-corrected chi connectivity index (χ4v) is 3.71. The van der Waals surface area contributed by atoms with Crippen LogP contribution >= 0.6 is 0 Å². The van der Waals surface area contributed by atoms with Crippen molar-refractivity contribution < 1.29 is 19.2 Å². The average Bonchev–Trinajstić information content (AvgIpc) is 3.20. The van der Waals surface area contributed by atoms with Crippen molar-refractivity contribution in [2.24, 2.45) is 5.92 Å². The van der Waals surface area contributed by atoms with Gasteiger partial charge in [-0.2, -0.15) is 5.06 Å². The van der Waals surface area contributed by atoms with Gasteiger partial charge in [-0.3, -0.25) is 9.63 Å². The van der Waals surface area contributed by atoms with E-state index in [2.05, 4.69) is 13.8 Å². The van der Waals surface area contributed by atoms with Crippen LogP contribution in [0.5, 0.6) is 0 Å². The van der Waals surface area contributed by atoms with Crippen LogP contribution in [0.2, 0.25) is 0 Å². The summed E-state index contributed by atoms with van der Waals surface area (Å²) in [7, 11) is 0. The third kappa shape index (κ3) is 3.55. The Balaban J connectivity index is 1.95. The van der Waals surface area contributed by atoms with Crippen LogP contribution in [-0.2, 0) is 14.4 Å². The van der Waals surface area contributed by atoms with Gasteiger partial charge in [-0.25, -0.2) is 9.69 Å². The van der Waals surface area contributed by atoms with Crippen LogP contribution in [0.15, 0.2) is 30.3 Å². The highest BCUT2D eigenvalue weighted by Gasteiger charge is 2.50. The minimum atomic E-state index is -0.541. The largest absolute Gasteiger partial charge is 0.447 e. The zero-order chi connectivity index (χ0) is 17.8. The number of nitrogens with zero attached hydrogens (tertiary/aromatic N) is 2. The Morgan fingerprint density at radius 3 is 2.56 bits per heavy atom. The maximum Gasteiger partial charge on any atom is 0.416 e. The van der Waals surface area contributed by atoms with Crippen molar-refractivity contribution in [3.05, 3.63) is 35.9 Å². The maximum absolute atomic E-state index is 13.2. The molecule has 0 N–H and O–H groups in total. The lowest BCUT2D eigenvalue weighted by Crippen LogP contribution is -2.42. The zero-order valence-electron chi connectivity index (χ0n) is 14.9. The van der Waals surface area contributed by atoms with E-state index in [1.165, 1.54) is 4.90 Å². The van der Waals surface area contributed by atoms with Crippen LogP contribution in [0, 0.1) is 5.92 Å². The van der Waals surface area contributed by atoms with Crippen LogP contribution in [0.1, 0.15) is 44.7 Å². The summed E-state index contributed by atoms with van der Waals surface area (Å²) in [6.07, 6.45) is 1.86. The predicted molar refractivity (Wildman–Crippen MR) is 92.5 cm³/mol. The Bertz CT molecular complexity index is 607. The van der Waals surface area contributed by atoms with Crippen molar-refractivity contribution in [2.75, 3.05) is 19.7 Å². The molecule has 3 atom stereocenters. The quantitative estimate of drug-likeness (QED) is 0.792. The number of hydrogen-bond donors (Lipinski definition) is 0. The summed E-state index contributed by atoms with van der Waals surface area (Å²) in [5, 5.41) is 1.93. The van der Waals surface area contributed by atoms with Crippen LogP contribution in [0.25, 0.3) is 0 Å². The molecule has 0 bridgehead atoms. The highest BCUT2D eigenvalue weighted by Crippen LogP contribution is 2.42.